The molecule has 2 N–H and O–H groups in total. The van der Waals surface area contributed by atoms with Gasteiger partial charge in [0.15, 0.2) is 11.6 Å². The first kappa shape index (κ1) is 129. The summed E-state index contributed by atoms with van der Waals surface area (Å²) in [7, 11) is -7.78. The second-order valence-corrected chi connectivity index (χ2v) is 78.3. The van der Waals surface area contributed by atoms with Crippen LogP contribution in [-0.2, 0) is 26.4 Å². The summed E-state index contributed by atoms with van der Waals surface area (Å²) in [5, 5.41) is 27.0. The molecule has 146 heavy (non-hydrogen) atoms. The third-order valence-corrected chi connectivity index (χ3v) is 52.1. The quantitative estimate of drug-likeness (QED) is 0.0300. The maximum absolute atomic E-state index is 13.6. The first-order valence-corrected chi connectivity index (χ1v) is 79.7. The summed E-state index contributed by atoms with van der Waals surface area (Å²) in [5.74, 6) is -2.54. The standard InChI is InChI=1S/C18H24OS2Si2.C18H24S2Si2.2C12H6Br2S2.C12H8OS2.C12H8S2.C6H2Br2F2.C6H15N.C6H6S2.C2H4O2.CCl4.Br2.HNO3/c1-22(2,3)15-11-7-9-13-17(15)21(19)18-14(20-13)10-8-12-16(18)23(4,5)6;1-21(2,3)15-11-7-9-13-17(15)20-18-14(19-13)10-8-12-16(18)22(4,5)6;13-7-3-1-5-9-11(7)16-12-8(14)4-2-6-10(12)15-9;13-7-5-11-12(6-8(7)14)16-10-4-2-1-3-9(10)15-11;13-15-11-7-3-1-5-9(11)14-10-6-2-4-8-12(10)15;1-2-6-10-9(5-1)13-11-7-3-4-8-12(11)14-10;7-3-1-5(9)6(10)2-4(3)8;1-4-7(5-2)6-3;7-5-3-1-2-4-6(5)8;1-2(3)4;2-1(3,4)5;1-2;2-1(3)4/h7-12H,1-6H3;7-12H,1-6H3;2*1-6H;1-8H;1-8H;1-2H;4-6H2,1-3H3;1-4,7-8H;1H3,(H,3,4);;;(H,2,3,4). The van der Waals surface area contributed by atoms with Gasteiger partial charge in [0, 0.05) is 170 Å². The Morgan fingerprint density at radius 1 is 0.349 bits per heavy atom. The number of halogens is 14. The molecule has 0 atom stereocenters. The molecule has 0 radical (unpaired) electrons. The number of benzene rings is 14. The highest BCUT2D eigenvalue weighted by atomic mass is 80.9. The van der Waals surface area contributed by atoms with Crippen LogP contribution in [0.2, 0.25) is 78.6 Å². The van der Waals surface area contributed by atoms with Gasteiger partial charge in [-0.3, -0.25) is 4.79 Å². The van der Waals surface area contributed by atoms with E-state index in [1.54, 1.807) is 33.9 Å². The Hall–Kier alpha value is -2.06. The number of aliphatic carboxylic acids is 1. The van der Waals surface area contributed by atoms with Gasteiger partial charge in [0.2, 0.25) is 0 Å². The van der Waals surface area contributed by atoms with Crippen LogP contribution in [-0.4, -0.2) is 89.9 Å². The largest absolute Gasteiger partial charge is 0.481 e. The summed E-state index contributed by atoms with van der Waals surface area (Å²) < 4.78 is 54.4. The van der Waals surface area contributed by atoms with E-state index in [0.29, 0.717) is 8.95 Å². The van der Waals surface area contributed by atoms with Crippen LogP contribution in [0.3, 0.4) is 0 Å². The molecule has 774 valence electrons. The number of hydrogen-bond donors (Lipinski definition) is 4. The van der Waals surface area contributed by atoms with E-state index >= 15 is 0 Å². The second-order valence-electron chi connectivity index (χ2n) is 35.1. The van der Waals surface area contributed by atoms with Gasteiger partial charge in [-0.2, -0.15) is 0 Å². The molecule has 0 aromatic heterocycles. The van der Waals surface area contributed by atoms with Crippen LogP contribution in [0.1, 0.15) is 27.7 Å². The number of carboxylic acid groups (broad SMARTS) is 1. The summed E-state index contributed by atoms with van der Waals surface area (Å²) in [5.41, 5.74) is 0. The molecule has 6 heterocycles. The van der Waals surface area contributed by atoms with Gasteiger partial charge in [-0.1, -0.05) is 397 Å². The fraction of sp³-hybridized carbons (Fsp3) is 0.190. The van der Waals surface area contributed by atoms with E-state index in [2.05, 4.69) is 447 Å². The molecule has 6 aliphatic heterocycles. The Bertz CT molecular complexity index is 6460. The fourth-order valence-electron chi connectivity index (χ4n) is 13.6. The first-order valence-electron chi connectivity index (χ1n) is 44.4. The van der Waals surface area contributed by atoms with Gasteiger partial charge in [-0.25, -0.2) is 17.2 Å². The molecule has 0 saturated carbocycles. The smallest absolute Gasteiger partial charge is 0.300 e. The topological polar surface area (TPSA) is 138 Å². The zero-order valence-corrected chi connectivity index (χ0v) is 113. The second kappa shape index (κ2) is 61.8. The maximum Gasteiger partial charge on any atom is 0.300 e. The molecule has 0 spiro atoms. The highest BCUT2D eigenvalue weighted by molar-refractivity contribution is 9.93. The van der Waals surface area contributed by atoms with E-state index in [0.717, 1.165) is 67.2 Å². The maximum atomic E-state index is 13.6. The number of rotatable bonds is 7. The lowest BCUT2D eigenvalue weighted by atomic mass is 10.3. The van der Waals surface area contributed by atoms with E-state index in [1.165, 1.54) is 127 Å². The molecule has 0 unspecified atom stereocenters. The molecule has 0 aliphatic carbocycles. The molecule has 20 rings (SSSR count). The zero-order valence-electron chi connectivity index (χ0n) is 81.6. The van der Waals surface area contributed by atoms with Crippen molar-refractivity contribution in [2.75, 3.05) is 19.6 Å². The normalized spacial score (nSPS) is 12.7. The molecular formula is C105H104Br8Cl4F2N2O7S14Si4. The number of hydrogen-bond acceptors (Lipinski definition) is 18. The van der Waals surface area contributed by atoms with Gasteiger partial charge < -0.3 is 15.2 Å². The predicted molar refractivity (Wildman–Crippen MR) is 673 cm³/mol. The van der Waals surface area contributed by atoms with E-state index < -0.39 is 79.8 Å². The lowest BCUT2D eigenvalue weighted by Crippen LogP contribution is -2.44. The van der Waals surface area contributed by atoms with Gasteiger partial charge in [0.1, 0.15) is 0 Å². The lowest BCUT2D eigenvalue weighted by Gasteiger charge is -2.30. The van der Waals surface area contributed by atoms with E-state index in [1.807, 2.05) is 167 Å². The summed E-state index contributed by atoms with van der Waals surface area (Å²) in [6.07, 6.45) is 0. The van der Waals surface area contributed by atoms with Crippen LogP contribution in [0, 0.1) is 21.7 Å². The highest BCUT2D eigenvalue weighted by Gasteiger charge is 2.36. The molecule has 0 amide bonds. The Labute approximate surface area is 1010 Å². The van der Waals surface area contributed by atoms with Crippen LogP contribution in [0.15, 0.2) is 433 Å². The van der Waals surface area contributed by atoms with Gasteiger partial charge in [-0.05, 0) is 282 Å². The number of nitrogens with zero attached hydrogens (tertiary/aromatic N) is 2. The zero-order chi connectivity index (χ0) is 108. The minimum atomic E-state index is -1.61. The van der Waals surface area contributed by atoms with Gasteiger partial charge >= 0.3 is 0 Å². The van der Waals surface area contributed by atoms with Crippen molar-refractivity contribution in [3.63, 3.8) is 0 Å². The molecule has 6 aliphatic rings. The van der Waals surface area contributed by atoms with Gasteiger partial charge in [0.05, 0.1) is 73.5 Å². The lowest BCUT2D eigenvalue weighted by molar-refractivity contribution is -0.742. The number of alkyl halides is 4. The average Bonchev–Trinajstić information content (AvgIpc) is 0.741. The summed E-state index contributed by atoms with van der Waals surface area (Å²) >= 11 is 71.9. The number of thiol groups is 2. The third-order valence-electron chi connectivity index (χ3n) is 20.4. The monoisotopic (exact) mass is 2870 g/mol. The van der Waals surface area contributed by atoms with Crippen LogP contribution < -0.4 is 20.7 Å². The van der Waals surface area contributed by atoms with Gasteiger partial charge in [0.25, 0.3) is 14.3 Å². The van der Waals surface area contributed by atoms with Crippen LogP contribution in [0.4, 0.5) is 8.78 Å². The van der Waals surface area contributed by atoms with Crippen molar-refractivity contribution in [2.24, 2.45) is 0 Å². The predicted octanol–water partition coefficient (Wildman–Crippen LogP) is 40.2. The summed E-state index contributed by atoms with van der Waals surface area (Å²) in [6, 6.07) is 95.0. The fourth-order valence-corrected chi connectivity index (χ4v) is 42.3. The van der Waals surface area contributed by atoms with Crippen molar-refractivity contribution in [3.05, 3.63) is 328 Å². The molecular weight excluding hydrogens is 2780 g/mol. The Balaban J connectivity index is 0.000000200. The Kier molecular flexibility index (Phi) is 54.6. The third kappa shape index (κ3) is 39.9. The molecule has 41 heteroatoms. The molecule has 14 aromatic carbocycles. The molecule has 0 saturated heterocycles. The van der Waals surface area contributed by atoms with Crippen molar-refractivity contribution in [3.8, 4) is 0 Å². The first-order chi connectivity index (χ1) is 68.8. The van der Waals surface area contributed by atoms with Crippen LogP contribution in [0.25, 0.3) is 0 Å². The van der Waals surface area contributed by atoms with Gasteiger partial charge in [-0.15, -0.1) is 35.4 Å². The number of fused-ring (bicyclic) bond motifs is 12. The highest BCUT2D eigenvalue weighted by Crippen LogP contribution is 2.56. The molecule has 0 bridgehead atoms. The van der Waals surface area contributed by atoms with Crippen molar-refractivity contribution in [1.82, 2.24) is 4.90 Å². The van der Waals surface area contributed by atoms with Crippen molar-refractivity contribution >= 4 is 394 Å². The van der Waals surface area contributed by atoms with E-state index in [9.17, 15) is 17.2 Å². The molecule has 9 nitrogen and oxygen atoms in total. The Morgan fingerprint density at radius 3 is 0.842 bits per heavy atom. The summed E-state index contributed by atoms with van der Waals surface area (Å²) in [4.78, 5) is 52.3. The minimum absolute atomic E-state index is 0.506. The molecule has 0 fully saturated rings. The SMILES string of the molecule is BrBr.Brc1cc2c(cc1Br)Sc1ccccc1S2.Brc1cccc2c1Sc1c(Br)cccc1S2.CC(=O)O.CCN(CC)CC.C[Si](C)(C)c1cccc2c1S(=O)c1c(cccc1[Si](C)(C)C)S2.C[Si](C)(C)c1cccc2c1Sc1c(cccc1[Si](C)(C)C)S2.ClC(Cl)(Cl)Cl.Fc1cc(Br)c(Br)cc1F.O=S1c2ccccc2Sc2ccccc21.O=[N+]([O-])O.Sc1ccccc1S.c1ccc2c(c1)Sc1ccccc1S2. The number of carboxylic acids is 1. The van der Waals surface area contributed by atoms with Crippen molar-refractivity contribution in [2.45, 2.75) is 237 Å². The van der Waals surface area contributed by atoms with Crippen LogP contribution in [0.5, 0.6) is 0 Å². The van der Waals surface area contributed by atoms with Crippen LogP contribution >= 0.6 is 313 Å². The number of carbonyl (C=O) groups is 1. The average molecular weight is 2890 g/mol. The van der Waals surface area contributed by atoms with Crippen molar-refractivity contribution < 1.29 is 37.4 Å². The Morgan fingerprint density at radius 2 is 0.562 bits per heavy atom. The van der Waals surface area contributed by atoms with E-state index in [-0.39, 0.29) is 0 Å². The minimum Gasteiger partial charge on any atom is -0.481 e. The summed E-state index contributed by atoms with van der Waals surface area (Å²) in [6.45, 7) is 39.9. The van der Waals surface area contributed by atoms with Crippen molar-refractivity contribution in [1.29, 1.82) is 0 Å². The molecule has 14 aromatic rings. The van der Waals surface area contributed by atoms with E-state index in [4.69, 9.17) is 71.6 Å².